The van der Waals surface area contributed by atoms with Gasteiger partial charge in [0.25, 0.3) is 5.69 Å². The van der Waals surface area contributed by atoms with Crippen molar-refractivity contribution in [1.29, 1.82) is 0 Å². The Kier molecular flexibility index (Phi) is 4.72. The molecule has 1 N–H and O–H groups in total. The Morgan fingerprint density at radius 1 is 1.33 bits per heavy atom. The number of hydrogen-bond donors (Lipinski definition) is 1. The van der Waals surface area contributed by atoms with Crippen molar-refractivity contribution in [2.75, 3.05) is 0 Å². The molecule has 0 atom stereocenters. The molecule has 1 aliphatic rings. The third kappa shape index (κ3) is 3.53. The summed E-state index contributed by atoms with van der Waals surface area (Å²) in [4.78, 5) is 10.7. The molecule has 1 fully saturated rings. The SMILES string of the molecule is O=[N+]([O-])c1cc(Br)ccc1CNC1CCCCC1. The zero-order chi connectivity index (χ0) is 13.0. The summed E-state index contributed by atoms with van der Waals surface area (Å²) < 4.78 is 0.746. The standard InChI is InChI=1S/C13H17BrN2O2/c14-11-7-6-10(13(8-11)16(17)18)9-15-12-4-2-1-3-5-12/h6-8,12,15H,1-5,9H2. The van der Waals surface area contributed by atoms with Crippen LogP contribution in [0.5, 0.6) is 0 Å². The Bertz CT molecular complexity index is 431. The van der Waals surface area contributed by atoms with E-state index < -0.39 is 0 Å². The van der Waals surface area contributed by atoms with Gasteiger partial charge >= 0.3 is 0 Å². The zero-order valence-electron chi connectivity index (χ0n) is 10.2. The number of halogens is 1. The summed E-state index contributed by atoms with van der Waals surface area (Å²) in [7, 11) is 0. The molecule has 0 bridgehead atoms. The second-order valence-corrected chi connectivity index (χ2v) is 5.66. The number of benzene rings is 1. The molecule has 0 unspecified atom stereocenters. The van der Waals surface area contributed by atoms with Crippen LogP contribution < -0.4 is 5.32 Å². The van der Waals surface area contributed by atoms with E-state index in [9.17, 15) is 10.1 Å². The van der Waals surface area contributed by atoms with E-state index in [2.05, 4.69) is 21.2 Å². The number of nitro groups is 1. The van der Waals surface area contributed by atoms with Gasteiger partial charge in [-0.25, -0.2) is 0 Å². The van der Waals surface area contributed by atoms with Gasteiger partial charge in [-0.1, -0.05) is 35.2 Å². The van der Waals surface area contributed by atoms with E-state index in [0.29, 0.717) is 12.6 Å². The predicted octanol–water partition coefficient (Wildman–Crippen LogP) is 3.78. The van der Waals surface area contributed by atoms with Gasteiger partial charge in [-0.15, -0.1) is 0 Å². The molecule has 0 aromatic heterocycles. The maximum Gasteiger partial charge on any atom is 0.275 e. The Hall–Kier alpha value is -0.940. The maximum absolute atomic E-state index is 11.0. The number of nitrogens with zero attached hydrogens (tertiary/aromatic N) is 1. The van der Waals surface area contributed by atoms with Gasteiger partial charge in [0, 0.05) is 28.7 Å². The Morgan fingerprint density at radius 2 is 2.06 bits per heavy atom. The Labute approximate surface area is 115 Å². The van der Waals surface area contributed by atoms with Crippen LogP contribution in [-0.4, -0.2) is 11.0 Å². The van der Waals surface area contributed by atoms with Crippen molar-refractivity contribution in [1.82, 2.24) is 5.32 Å². The van der Waals surface area contributed by atoms with Gasteiger partial charge in [0.1, 0.15) is 0 Å². The fraction of sp³-hybridized carbons (Fsp3) is 0.538. The molecule has 0 radical (unpaired) electrons. The van der Waals surface area contributed by atoms with Crippen LogP contribution in [0.3, 0.4) is 0 Å². The van der Waals surface area contributed by atoms with E-state index in [1.165, 1.54) is 32.1 Å². The van der Waals surface area contributed by atoms with Crippen molar-refractivity contribution >= 4 is 21.6 Å². The first-order valence-corrected chi connectivity index (χ1v) is 7.12. The van der Waals surface area contributed by atoms with Crippen molar-refractivity contribution in [2.45, 2.75) is 44.7 Å². The topological polar surface area (TPSA) is 55.2 Å². The second kappa shape index (κ2) is 6.29. The Balaban J connectivity index is 2.01. The first kappa shape index (κ1) is 13.5. The van der Waals surface area contributed by atoms with E-state index in [4.69, 9.17) is 0 Å². The lowest BCUT2D eigenvalue weighted by molar-refractivity contribution is -0.385. The molecule has 0 spiro atoms. The van der Waals surface area contributed by atoms with Crippen LogP contribution >= 0.6 is 15.9 Å². The highest BCUT2D eigenvalue weighted by atomic mass is 79.9. The van der Waals surface area contributed by atoms with E-state index in [-0.39, 0.29) is 10.6 Å². The van der Waals surface area contributed by atoms with Gasteiger partial charge in [-0.3, -0.25) is 10.1 Å². The van der Waals surface area contributed by atoms with Crippen molar-refractivity contribution in [2.24, 2.45) is 0 Å². The fourth-order valence-electron chi connectivity index (χ4n) is 2.42. The van der Waals surface area contributed by atoms with E-state index >= 15 is 0 Å². The van der Waals surface area contributed by atoms with Crippen LogP contribution in [0.4, 0.5) is 5.69 Å². The van der Waals surface area contributed by atoms with Gasteiger partial charge in [-0.2, -0.15) is 0 Å². The van der Waals surface area contributed by atoms with E-state index in [1.54, 1.807) is 6.07 Å². The maximum atomic E-state index is 11.0. The van der Waals surface area contributed by atoms with E-state index in [0.717, 1.165) is 10.0 Å². The molecular formula is C13H17BrN2O2. The summed E-state index contributed by atoms with van der Waals surface area (Å²) in [6, 6.07) is 5.75. The highest BCUT2D eigenvalue weighted by molar-refractivity contribution is 9.10. The number of nitrogens with one attached hydrogen (secondary N) is 1. The third-order valence-electron chi connectivity index (χ3n) is 3.43. The lowest BCUT2D eigenvalue weighted by Gasteiger charge is -2.22. The lowest BCUT2D eigenvalue weighted by atomic mass is 9.95. The largest absolute Gasteiger partial charge is 0.310 e. The summed E-state index contributed by atoms with van der Waals surface area (Å²) in [5.41, 5.74) is 0.946. The van der Waals surface area contributed by atoms with Gasteiger partial charge < -0.3 is 5.32 Å². The van der Waals surface area contributed by atoms with Gasteiger partial charge in [-0.05, 0) is 25.0 Å². The predicted molar refractivity (Wildman–Crippen MR) is 74.5 cm³/mol. The summed E-state index contributed by atoms with van der Waals surface area (Å²) in [6.45, 7) is 0.578. The third-order valence-corrected chi connectivity index (χ3v) is 3.92. The molecule has 0 saturated heterocycles. The summed E-state index contributed by atoms with van der Waals surface area (Å²) >= 11 is 3.27. The van der Waals surface area contributed by atoms with Crippen molar-refractivity contribution in [3.8, 4) is 0 Å². The fourth-order valence-corrected chi connectivity index (χ4v) is 2.77. The molecule has 98 valence electrons. The molecule has 0 aliphatic heterocycles. The molecule has 0 heterocycles. The second-order valence-electron chi connectivity index (χ2n) is 4.75. The molecule has 5 heteroatoms. The smallest absolute Gasteiger partial charge is 0.275 e. The molecule has 0 amide bonds. The monoisotopic (exact) mass is 312 g/mol. The normalized spacial score (nSPS) is 16.7. The minimum absolute atomic E-state index is 0.188. The van der Waals surface area contributed by atoms with Gasteiger partial charge in [0.2, 0.25) is 0 Å². The van der Waals surface area contributed by atoms with Crippen LogP contribution in [0.25, 0.3) is 0 Å². The van der Waals surface area contributed by atoms with Gasteiger partial charge in [0.05, 0.1) is 4.92 Å². The molecule has 1 aliphatic carbocycles. The number of nitro benzene ring substituents is 1. The number of rotatable bonds is 4. The van der Waals surface area contributed by atoms with Crippen LogP contribution in [-0.2, 0) is 6.54 Å². The lowest BCUT2D eigenvalue weighted by Crippen LogP contribution is -2.30. The van der Waals surface area contributed by atoms with Crippen LogP contribution in [0.2, 0.25) is 0 Å². The van der Waals surface area contributed by atoms with Crippen LogP contribution in [0.1, 0.15) is 37.7 Å². The minimum atomic E-state index is -0.317. The molecule has 4 nitrogen and oxygen atoms in total. The molecular weight excluding hydrogens is 296 g/mol. The van der Waals surface area contributed by atoms with Crippen molar-refractivity contribution in [3.63, 3.8) is 0 Å². The number of hydrogen-bond acceptors (Lipinski definition) is 3. The molecule has 2 rings (SSSR count). The van der Waals surface area contributed by atoms with Crippen LogP contribution in [0, 0.1) is 10.1 Å². The molecule has 1 aromatic rings. The summed E-state index contributed by atoms with van der Waals surface area (Å²) in [5, 5.41) is 14.4. The first-order valence-electron chi connectivity index (χ1n) is 6.33. The van der Waals surface area contributed by atoms with Crippen LogP contribution in [0.15, 0.2) is 22.7 Å². The zero-order valence-corrected chi connectivity index (χ0v) is 11.8. The first-order chi connectivity index (χ1) is 8.66. The average Bonchev–Trinajstić information content (AvgIpc) is 2.38. The molecule has 1 aromatic carbocycles. The van der Waals surface area contributed by atoms with Crippen molar-refractivity contribution in [3.05, 3.63) is 38.3 Å². The summed E-state index contributed by atoms with van der Waals surface area (Å²) in [5.74, 6) is 0. The van der Waals surface area contributed by atoms with Gasteiger partial charge in [0.15, 0.2) is 0 Å². The quantitative estimate of drug-likeness (QED) is 0.680. The van der Waals surface area contributed by atoms with E-state index in [1.807, 2.05) is 12.1 Å². The summed E-state index contributed by atoms with van der Waals surface area (Å²) in [6.07, 6.45) is 6.21. The minimum Gasteiger partial charge on any atom is -0.310 e. The van der Waals surface area contributed by atoms with Crippen molar-refractivity contribution < 1.29 is 4.92 Å². The average molecular weight is 313 g/mol. The molecule has 18 heavy (non-hydrogen) atoms. The highest BCUT2D eigenvalue weighted by Gasteiger charge is 2.17. The molecule has 1 saturated carbocycles. The highest BCUT2D eigenvalue weighted by Crippen LogP contribution is 2.24. The Morgan fingerprint density at radius 3 is 2.72 bits per heavy atom.